The van der Waals surface area contributed by atoms with Gasteiger partial charge in [-0.05, 0) is 46.5 Å². The number of hydrogen-bond acceptors (Lipinski definition) is 2. The summed E-state index contributed by atoms with van der Waals surface area (Å²) < 4.78 is 0. The average molecular weight is 511 g/mol. The first-order valence-electron chi connectivity index (χ1n) is 13.9. The van der Waals surface area contributed by atoms with Crippen molar-refractivity contribution in [1.82, 2.24) is 0 Å². The van der Waals surface area contributed by atoms with E-state index in [1.165, 1.54) is 45.0 Å². The van der Waals surface area contributed by atoms with Crippen LogP contribution >= 0.6 is 0 Å². The highest BCUT2D eigenvalue weighted by molar-refractivity contribution is 5.87. The first-order valence-corrected chi connectivity index (χ1v) is 13.9. The third-order valence-corrected chi connectivity index (χ3v) is 5.32. The second-order valence-electron chi connectivity index (χ2n) is 7.25. The van der Waals surface area contributed by atoms with Crippen molar-refractivity contribution in [2.45, 2.75) is 69.2 Å². The van der Waals surface area contributed by atoms with Gasteiger partial charge >= 0.3 is 0 Å². The van der Waals surface area contributed by atoms with E-state index in [1.54, 1.807) is 0 Å². The number of nitrogens with one attached hydrogen (secondary N) is 2. The molecule has 0 aromatic heterocycles. The fourth-order valence-corrected chi connectivity index (χ4v) is 3.78. The molecule has 2 heterocycles. The molecule has 0 aliphatic carbocycles. The van der Waals surface area contributed by atoms with E-state index in [-0.39, 0.29) is 7.43 Å². The largest absolute Gasteiger partial charge is 0.355 e. The predicted octanol–water partition coefficient (Wildman–Crippen LogP) is 12.0. The van der Waals surface area contributed by atoms with Crippen molar-refractivity contribution in [2.75, 3.05) is 10.6 Å². The Labute approximate surface area is 233 Å². The average Bonchev–Trinajstić information content (AvgIpc) is 3.20. The maximum atomic E-state index is 3.44. The van der Waals surface area contributed by atoms with Gasteiger partial charge in [0.25, 0.3) is 0 Å². The van der Waals surface area contributed by atoms with Crippen molar-refractivity contribution < 1.29 is 0 Å². The number of hydrogen-bond donors (Lipinski definition) is 2. The van der Waals surface area contributed by atoms with E-state index < -0.39 is 0 Å². The first kappa shape index (κ1) is 34.2. The van der Waals surface area contributed by atoms with Crippen LogP contribution in [0.25, 0.3) is 12.2 Å². The van der Waals surface area contributed by atoms with Gasteiger partial charge in [0.1, 0.15) is 0 Å². The molecule has 4 aromatic rings. The molecule has 4 aromatic carbocycles. The molecule has 2 aliphatic heterocycles. The Morgan fingerprint density at radius 1 is 0.395 bits per heavy atom. The van der Waals surface area contributed by atoms with Gasteiger partial charge in [-0.2, -0.15) is 0 Å². The van der Waals surface area contributed by atoms with E-state index in [0.717, 1.165) is 6.42 Å². The fourth-order valence-electron chi connectivity index (χ4n) is 3.78. The number of benzene rings is 4. The molecule has 0 bridgehead atoms. The molecule has 2 heteroatoms. The molecular weight excluding hydrogens is 460 g/mol. The first-order chi connectivity index (χ1) is 18.4. The summed E-state index contributed by atoms with van der Waals surface area (Å²) in [5.41, 5.74) is 10.0. The lowest BCUT2D eigenvalue weighted by atomic mass is 9.98. The number of rotatable bonds is 0. The second kappa shape index (κ2) is 20.3. The van der Waals surface area contributed by atoms with Crippen LogP contribution in [0.2, 0.25) is 0 Å². The lowest BCUT2D eigenvalue weighted by Gasteiger charge is -2.20. The summed E-state index contributed by atoms with van der Waals surface area (Å²) in [5, 5.41) is 6.88. The highest BCUT2D eigenvalue weighted by Crippen LogP contribution is 2.32. The number of para-hydroxylation sites is 4. The van der Waals surface area contributed by atoms with Crippen molar-refractivity contribution in [2.24, 2.45) is 0 Å². The number of anilines is 4. The Morgan fingerprint density at radius 3 is 1.08 bits per heavy atom. The Bertz CT molecular complexity index is 1060. The van der Waals surface area contributed by atoms with Crippen LogP contribution in [-0.2, 0) is 6.42 Å². The Balaban J connectivity index is 0.000000561. The number of fused-ring (bicyclic) bond motifs is 4. The van der Waals surface area contributed by atoms with E-state index in [2.05, 4.69) is 108 Å². The highest BCUT2D eigenvalue weighted by Gasteiger charge is 2.12. The molecule has 0 atom stereocenters. The fraction of sp³-hybridized carbons (Fsp3) is 0.278. The lowest BCUT2D eigenvalue weighted by molar-refractivity contribution is 1.16. The zero-order chi connectivity index (χ0) is 27.5. The van der Waals surface area contributed by atoms with Gasteiger partial charge in [-0.15, -0.1) is 0 Å². The van der Waals surface area contributed by atoms with Crippen LogP contribution in [-0.4, -0.2) is 0 Å². The Kier molecular flexibility index (Phi) is 18.3. The molecule has 0 saturated carbocycles. The highest BCUT2D eigenvalue weighted by atomic mass is 14.9. The van der Waals surface area contributed by atoms with Gasteiger partial charge in [-0.3, -0.25) is 0 Å². The monoisotopic (exact) mass is 510 g/mol. The molecule has 0 unspecified atom stereocenters. The van der Waals surface area contributed by atoms with Gasteiger partial charge < -0.3 is 10.6 Å². The van der Waals surface area contributed by atoms with Crippen LogP contribution in [0.15, 0.2) is 97.1 Å². The van der Waals surface area contributed by atoms with Crippen molar-refractivity contribution in [3.63, 3.8) is 0 Å². The van der Waals surface area contributed by atoms with Crippen LogP contribution in [0.3, 0.4) is 0 Å². The minimum atomic E-state index is 0. The zero-order valence-corrected chi connectivity index (χ0v) is 24.1. The molecule has 0 radical (unpaired) electrons. The maximum absolute atomic E-state index is 3.44. The smallest absolute Gasteiger partial charge is 0.0457 e. The molecule has 0 saturated heterocycles. The Hall–Kier alpha value is -3.78. The van der Waals surface area contributed by atoms with Crippen LogP contribution in [0.1, 0.15) is 85.1 Å². The molecule has 0 amide bonds. The normalized spacial score (nSPS) is 10.1. The maximum Gasteiger partial charge on any atom is 0.0457 e. The summed E-state index contributed by atoms with van der Waals surface area (Å²) in [6.07, 6.45) is 5.33. The van der Waals surface area contributed by atoms with Gasteiger partial charge in [0.15, 0.2) is 0 Å². The Morgan fingerprint density at radius 2 is 0.684 bits per heavy atom. The van der Waals surface area contributed by atoms with E-state index in [1.807, 2.05) is 67.5 Å². The van der Waals surface area contributed by atoms with E-state index in [9.17, 15) is 0 Å². The van der Waals surface area contributed by atoms with Crippen molar-refractivity contribution in [1.29, 1.82) is 0 Å². The standard InChI is InChI=1S/C14H11N.C13H11N.4C2H6.CH4/c1-3-7-13-11(5-1)9-10-12-6-2-4-8-14(12)15-13;1-3-7-12-10(5-1)9-11-6-2-4-8-13(11)14-12;4*1-2;/h1-10,15H;1-8,14H,9H2;4*1-2H3;1H4. The molecule has 38 heavy (non-hydrogen) atoms. The zero-order valence-electron chi connectivity index (χ0n) is 24.1. The van der Waals surface area contributed by atoms with Crippen LogP contribution < -0.4 is 10.6 Å². The SMILES string of the molecule is C.C1=Cc2ccccc2Nc2ccccc21.CC.CC.CC.CC.c1ccc2c(c1)Cc1ccccc1N2. The van der Waals surface area contributed by atoms with E-state index in [0.29, 0.717) is 0 Å². The summed E-state index contributed by atoms with van der Waals surface area (Å²) in [6.45, 7) is 16.0. The van der Waals surface area contributed by atoms with Crippen molar-refractivity contribution in [3.8, 4) is 0 Å². The summed E-state index contributed by atoms with van der Waals surface area (Å²) in [5.74, 6) is 0. The predicted molar refractivity (Wildman–Crippen MR) is 176 cm³/mol. The summed E-state index contributed by atoms with van der Waals surface area (Å²) in [6, 6.07) is 33.6. The van der Waals surface area contributed by atoms with Gasteiger partial charge in [0, 0.05) is 29.2 Å². The molecule has 0 spiro atoms. The van der Waals surface area contributed by atoms with Crippen molar-refractivity contribution in [3.05, 3.63) is 119 Å². The molecule has 2 aliphatic rings. The summed E-state index contributed by atoms with van der Waals surface area (Å²) in [7, 11) is 0. The van der Waals surface area contributed by atoms with Gasteiger partial charge in [0.05, 0.1) is 0 Å². The van der Waals surface area contributed by atoms with Gasteiger partial charge in [0.2, 0.25) is 0 Å². The molecule has 2 N–H and O–H groups in total. The van der Waals surface area contributed by atoms with Crippen LogP contribution in [0.4, 0.5) is 22.7 Å². The van der Waals surface area contributed by atoms with Crippen molar-refractivity contribution >= 4 is 34.9 Å². The minimum absolute atomic E-state index is 0. The minimum Gasteiger partial charge on any atom is -0.355 e. The third kappa shape index (κ3) is 9.59. The molecular formula is C36H50N2. The second-order valence-corrected chi connectivity index (χ2v) is 7.25. The van der Waals surface area contributed by atoms with E-state index >= 15 is 0 Å². The van der Waals surface area contributed by atoms with Crippen LogP contribution in [0, 0.1) is 0 Å². The summed E-state index contributed by atoms with van der Waals surface area (Å²) >= 11 is 0. The molecule has 2 nitrogen and oxygen atoms in total. The lowest BCUT2D eigenvalue weighted by Crippen LogP contribution is -2.05. The summed E-state index contributed by atoms with van der Waals surface area (Å²) in [4.78, 5) is 0. The van der Waals surface area contributed by atoms with Gasteiger partial charge in [-0.1, -0.05) is 148 Å². The topological polar surface area (TPSA) is 24.1 Å². The van der Waals surface area contributed by atoms with Gasteiger partial charge in [-0.25, -0.2) is 0 Å². The van der Waals surface area contributed by atoms with Crippen LogP contribution in [0.5, 0.6) is 0 Å². The van der Waals surface area contributed by atoms with E-state index in [4.69, 9.17) is 0 Å². The molecule has 204 valence electrons. The third-order valence-electron chi connectivity index (χ3n) is 5.32. The molecule has 6 rings (SSSR count). The quantitative estimate of drug-likeness (QED) is 0.212. The molecule has 0 fully saturated rings.